The van der Waals surface area contributed by atoms with Crippen LogP contribution in [-0.4, -0.2) is 52.5 Å². The number of rotatable bonds is 8. The van der Waals surface area contributed by atoms with Gasteiger partial charge in [0, 0.05) is 54.8 Å². The number of benzene rings is 2. The number of hydrogen-bond donors (Lipinski definition) is 3. The lowest BCUT2D eigenvalue weighted by atomic mass is 10.1. The molecule has 10 nitrogen and oxygen atoms in total. The molecule has 2 aromatic carbocycles. The van der Waals surface area contributed by atoms with Crippen LogP contribution in [0.25, 0.3) is 5.52 Å². The van der Waals surface area contributed by atoms with Crippen LogP contribution >= 0.6 is 0 Å². The molecule has 0 bridgehead atoms. The maximum absolute atomic E-state index is 13.3. The van der Waals surface area contributed by atoms with Gasteiger partial charge in [-0.3, -0.25) is 9.59 Å². The van der Waals surface area contributed by atoms with Gasteiger partial charge in [-0.05, 0) is 61.7 Å². The number of fused-ring (bicyclic) bond motifs is 1. The first-order valence-corrected chi connectivity index (χ1v) is 14.7. The first-order valence-electron chi connectivity index (χ1n) is 14.7. The van der Waals surface area contributed by atoms with Crippen molar-refractivity contribution in [3.05, 3.63) is 113 Å². The van der Waals surface area contributed by atoms with E-state index in [-0.39, 0.29) is 17.9 Å². The Morgan fingerprint density at radius 2 is 1.73 bits per heavy atom. The second kappa shape index (κ2) is 12.6. The third-order valence-electron chi connectivity index (χ3n) is 7.92. The molecule has 1 saturated heterocycles. The Morgan fingerprint density at radius 3 is 2.52 bits per heavy atom. The summed E-state index contributed by atoms with van der Waals surface area (Å²) >= 11 is 0. The molecule has 0 saturated carbocycles. The van der Waals surface area contributed by atoms with E-state index in [1.807, 2.05) is 92.2 Å². The predicted octanol–water partition coefficient (Wildman–Crippen LogP) is 5.67. The molecule has 1 aliphatic rings. The minimum Gasteiger partial charge on any atom is -0.378 e. The molecule has 44 heavy (non-hydrogen) atoms. The number of morpholine rings is 1. The van der Waals surface area contributed by atoms with Crippen molar-refractivity contribution in [2.45, 2.75) is 26.8 Å². The monoisotopic (exact) mass is 589 g/mol. The summed E-state index contributed by atoms with van der Waals surface area (Å²) in [6.07, 6.45) is 7.01. The summed E-state index contributed by atoms with van der Waals surface area (Å²) < 4.78 is 7.34. The van der Waals surface area contributed by atoms with E-state index in [0.717, 1.165) is 46.8 Å². The average molecular weight is 590 g/mol. The number of hydrogen-bond acceptors (Lipinski definition) is 7. The van der Waals surface area contributed by atoms with E-state index >= 15 is 0 Å². The lowest BCUT2D eigenvalue weighted by Gasteiger charge is -2.27. The van der Waals surface area contributed by atoms with Crippen LogP contribution in [0.1, 0.15) is 50.4 Å². The number of carbonyl (C=O) groups excluding carboxylic acids is 2. The van der Waals surface area contributed by atoms with E-state index in [1.165, 1.54) is 0 Å². The van der Waals surface area contributed by atoms with Crippen molar-refractivity contribution in [2.24, 2.45) is 0 Å². The van der Waals surface area contributed by atoms with Gasteiger partial charge in [-0.15, -0.1) is 0 Å². The van der Waals surface area contributed by atoms with Crippen molar-refractivity contribution in [2.75, 3.05) is 41.8 Å². The summed E-state index contributed by atoms with van der Waals surface area (Å²) in [5.74, 6) is 0.995. The van der Waals surface area contributed by atoms with Gasteiger partial charge in [0.2, 0.25) is 0 Å². The number of nitrogens with one attached hydrogen (secondary N) is 3. The van der Waals surface area contributed by atoms with Gasteiger partial charge in [0.05, 0.1) is 30.3 Å². The second-order valence-corrected chi connectivity index (χ2v) is 10.9. The quantitative estimate of drug-likeness (QED) is 0.214. The number of anilines is 4. The zero-order valence-corrected chi connectivity index (χ0v) is 25.0. The fourth-order valence-corrected chi connectivity index (χ4v) is 5.39. The summed E-state index contributed by atoms with van der Waals surface area (Å²) in [7, 11) is 0. The van der Waals surface area contributed by atoms with Gasteiger partial charge in [-0.25, -0.2) is 9.97 Å². The van der Waals surface area contributed by atoms with Crippen molar-refractivity contribution in [3.63, 3.8) is 0 Å². The highest BCUT2D eigenvalue weighted by Crippen LogP contribution is 2.29. The Bertz CT molecular complexity index is 1810. The van der Waals surface area contributed by atoms with Crippen molar-refractivity contribution >= 4 is 40.3 Å². The molecular weight excluding hydrogens is 554 g/mol. The van der Waals surface area contributed by atoms with Crippen LogP contribution in [-0.2, 0) is 4.74 Å². The molecule has 0 aliphatic carbocycles. The minimum absolute atomic E-state index is 0.138. The van der Waals surface area contributed by atoms with Gasteiger partial charge in [-0.1, -0.05) is 36.4 Å². The van der Waals surface area contributed by atoms with Gasteiger partial charge < -0.3 is 30.0 Å². The van der Waals surface area contributed by atoms with Crippen molar-refractivity contribution < 1.29 is 14.3 Å². The fraction of sp³-hybridized carbons (Fsp3) is 0.235. The average Bonchev–Trinajstić information content (AvgIpc) is 3.40. The van der Waals surface area contributed by atoms with Crippen molar-refractivity contribution in [1.82, 2.24) is 19.7 Å². The van der Waals surface area contributed by atoms with Gasteiger partial charge >= 0.3 is 0 Å². The molecule has 0 radical (unpaired) electrons. The van der Waals surface area contributed by atoms with Crippen molar-refractivity contribution in [3.8, 4) is 0 Å². The fourth-order valence-electron chi connectivity index (χ4n) is 5.39. The van der Waals surface area contributed by atoms with E-state index in [0.29, 0.717) is 35.8 Å². The van der Waals surface area contributed by atoms with Crippen LogP contribution in [0.15, 0.2) is 85.5 Å². The van der Waals surface area contributed by atoms with Crippen LogP contribution in [0.3, 0.4) is 0 Å². The van der Waals surface area contributed by atoms with E-state index in [1.54, 1.807) is 18.5 Å². The smallest absolute Gasteiger partial charge is 0.255 e. The zero-order valence-electron chi connectivity index (χ0n) is 25.0. The number of ether oxygens (including phenoxy) is 1. The van der Waals surface area contributed by atoms with E-state index in [4.69, 9.17) is 4.74 Å². The second-order valence-electron chi connectivity index (χ2n) is 10.9. The number of aromatic nitrogens is 3. The maximum Gasteiger partial charge on any atom is 0.255 e. The molecule has 3 aromatic heterocycles. The van der Waals surface area contributed by atoms with Crippen LogP contribution in [0.2, 0.25) is 0 Å². The third kappa shape index (κ3) is 6.11. The third-order valence-corrected chi connectivity index (χ3v) is 7.92. The highest BCUT2D eigenvalue weighted by molar-refractivity contribution is 6.05. The van der Waals surface area contributed by atoms with Gasteiger partial charge in [0.25, 0.3) is 11.8 Å². The highest BCUT2D eigenvalue weighted by Gasteiger charge is 2.20. The normalized spacial score (nSPS) is 13.8. The lowest BCUT2D eigenvalue weighted by molar-refractivity contribution is 0.0938. The summed E-state index contributed by atoms with van der Waals surface area (Å²) in [6.45, 7) is 8.65. The summed E-state index contributed by atoms with van der Waals surface area (Å²) in [5.41, 5.74) is 6.16. The van der Waals surface area contributed by atoms with E-state index in [2.05, 4.69) is 30.8 Å². The highest BCUT2D eigenvalue weighted by atomic mass is 16.5. The molecule has 1 aliphatic heterocycles. The van der Waals surface area contributed by atoms with Gasteiger partial charge in [0.15, 0.2) is 5.82 Å². The molecule has 4 heterocycles. The largest absolute Gasteiger partial charge is 0.378 e. The van der Waals surface area contributed by atoms with Crippen LogP contribution in [0.4, 0.5) is 23.0 Å². The van der Waals surface area contributed by atoms with Gasteiger partial charge in [0.1, 0.15) is 5.82 Å². The van der Waals surface area contributed by atoms with Crippen LogP contribution < -0.4 is 20.9 Å². The molecular formula is C34H35N7O3. The summed E-state index contributed by atoms with van der Waals surface area (Å²) in [4.78, 5) is 37.7. The maximum atomic E-state index is 13.3. The van der Waals surface area contributed by atoms with E-state index in [9.17, 15) is 9.59 Å². The van der Waals surface area contributed by atoms with E-state index < -0.39 is 0 Å². The summed E-state index contributed by atoms with van der Waals surface area (Å²) in [5, 5.41) is 9.56. The minimum atomic E-state index is -0.222. The number of nitrogens with zero attached hydrogens (tertiary/aromatic N) is 4. The topological polar surface area (TPSA) is 113 Å². The Hall–Kier alpha value is -5.22. The molecule has 224 valence electrons. The Balaban J connectivity index is 1.21. The summed E-state index contributed by atoms with van der Waals surface area (Å²) in [6, 6.07) is 19.0. The number of carbonyl (C=O) groups is 2. The zero-order chi connectivity index (χ0) is 30.6. The number of aryl methyl sites for hydroxylation is 2. The molecule has 5 aromatic rings. The van der Waals surface area contributed by atoms with Crippen LogP contribution in [0, 0.1) is 13.8 Å². The van der Waals surface area contributed by atoms with Crippen molar-refractivity contribution in [1.29, 1.82) is 0 Å². The molecule has 10 heteroatoms. The molecule has 3 N–H and O–H groups in total. The molecule has 1 unspecified atom stereocenters. The number of pyridine rings is 1. The van der Waals surface area contributed by atoms with Gasteiger partial charge in [-0.2, -0.15) is 0 Å². The first-order chi connectivity index (χ1) is 21.4. The first kappa shape index (κ1) is 28.9. The Morgan fingerprint density at radius 1 is 0.932 bits per heavy atom. The Labute approximate surface area is 256 Å². The molecule has 1 fully saturated rings. The molecule has 2 amide bonds. The molecule has 0 spiro atoms. The number of amides is 2. The molecule has 1 atom stereocenters. The van der Waals surface area contributed by atoms with Crippen LogP contribution in [0.5, 0.6) is 0 Å². The Kier molecular flexibility index (Phi) is 8.25. The lowest BCUT2D eigenvalue weighted by Crippen LogP contribution is -2.36. The SMILES string of the molecule is Cc1ccc(NC(=O)c2ccnc(N3CCOCC3)c2)cc1Nc1nccn2cc(C(=O)NC(C)c3ccccc3)c(C)c12. The standard InChI is InChI=1S/C34H35N7O3/c1-22-9-10-27(38-33(42)26-11-12-35-30(19-26)40-15-17-44-18-16-40)20-29(22)39-32-31-23(2)28(21-41(31)14-13-36-32)34(43)37-24(3)25-7-5-4-6-8-25/h4-14,19-21,24H,15-18H2,1-3H3,(H,36,39)(H,37,43)(H,38,42). The predicted molar refractivity (Wildman–Crippen MR) is 172 cm³/mol. The molecule has 6 rings (SSSR count).